The van der Waals surface area contributed by atoms with Crippen LogP contribution in [-0.4, -0.2) is 30.3 Å². The highest BCUT2D eigenvalue weighted by Gasteiger charge is 2.22. The Morgan fingerprint density at radius 2 is 1.96 bits per heavy atom. The molecule has 0 aromatic carbocycles. The number of aryl methyl sites for hydroxylation is 1. The van der Waals surface area contributed by atoms with Gasteiger partial charge in [0.25, 0.3) is 18.8 Å². The number of nitrogens with zero attached hydrogens (tertiary/aromatic N) is 5. The Balaban J connectivity index is 1.86. The molecule has 0 radical (unpaired) electrons. The minimum Gasteiger partial charge on any atom is -0.345 e. The fourth-order valence-corrected chi connectivity index (χ4v) is 2.83. The number of rotatable bonds is 6. The fraction of sp³-hybridized carbons (Fsp3) is 0.333. The number of hydrogen-bond acceptors (Lipinski definition) is 4. The molecule has 0 bridgehead atoms. The summed E-state index contributed by atoms with van der Waals surface area (Å²) in [5.41, 5.74) is -1.48. The molecule has 0 aliphatic rings. The first-order chi connectivity index (χ1) is 12.8. The van der Waals surface area contributed by atoms with E-state index in [1.807, 2.05) is 6.92 Å². The average molecular weight is 449 g/mol. The van der Waals surface area contributed by atoms with Gasteiger partial charge >= 0.3 is 0 Å². The number of fused-ring (bicyclic) bond motifs is 1. The summed E-state index contributed by atoms with van der Waals surface area (Å²) in [6.45, 7) is 2.62. The molecule has 1 N–H and O–H groups in total. The van der Waals surface area contributed by atoms with Crippen molar-refractivity contribution in [3.05, 3.63) is 45.6 Å². The Labute approximate surface area is 158 Å². The number of amides is 1. The minimum absolute atomic E-state index is 0.0672. The quantitative estimate of drug-likeness (QED) is 0.585. The number of carbonyl (C=O) groups excluding carboxylic acids is 1. The van der Waals surface area contributed by atoms with Crippen LogP contribution in [0.15, 0.2) is 22.8 Å². The Morgan fingerprint density at radius 1 is 1.22 bits per heavy atom. The van der Waals surface area contributed by atoms with Crippen molar-refractivity contribution < 1.29 is 22.4 Å². The lowest BCUT2D eigenvalue weighted by Crippen LogP contribution is -2.24. The van der Waals surface area contributed by atoms with Crippen LogP contribution in [0.1, 0.15) is 47.3 Å². The second-order valence-electron chi connectivity index (χ2n) is 5.47. The van der Waals surface area contributed by atoms with Crippen LogP contribution in [0.5, 0.6) is 0 Å². The van der Waals surface area contributed by atoms with Crippen molar-refractivity contribution in [2.75, 3.05) is 0 Å². The molecule has 0 spiro atoms. The molecule has 3 aromatic rings. The molecule has 12 heteroatoms. The second kappa shape index (κ2) is 7.62. The Morgan fingerprint density at radius 3 is 2.56 bits per heavy atom. The van der Waals surface area contributed by atoms with Gasteiger partial charge in [0, 0.05) is 18.8 Å². The molecular weight excluding hydrogens is 436 g/mol. The fourth-order valence-electron chi connectivity index (χ4n) is 2.37. The van der Waals surface area contributed by atoms with Crippen molar-refractivity contribution in [2.45, 2.75) is 32.9 Å². The summed E-state index contributed by atoms with van der Waals surface area (Å²) in [5, 5.41) is 10.6. The zero-order chi connectivity index (χ0) is 19.7. The highest BCUT2D eigenvalue weighted by molar-refractivity contribution is 9.10. The first-order valence-electron chi connectivity index (χ1n) is 7.77. The van der Waals surface area contributed by atoms with Crippen molar-refractivity contribution in [1.29, 1.82) is 0 Å². The van der Waals surface area contributed by atoms with E-state index in [1.165, 1.54) is 0 Å². The maximum atomic E-state index is 13.2. The van der Waals surface area contributed by atoms with Crippen LogP contribution in [-0.2, 0) is 13.1 Å². The molecule has 1 amide bonds. The summed E-state index contributed by atoms with van der Waals surface area (Å²) in [7, 11) is 0. The van der Waals surface area contributed by atoms with Gasteiger partial charge in [-0.1, -0.05) is 0 Å². The minimum atomic E-state index is -3.06. The van der Waals surface area contributed by atoms with Crippen molar-refractivity contribution in [3.63, 3.8) is 0 Å². The molecule has 7 nitrogen and oxygen atoms in total. The van der Waals surface area contributed by atoms with Crippen molar-refractivity contribution in [2.24, 2.45) is 0 Å². The largest absolute Gasteiger partial charge is 0.345 e. The third kappa shape index (κ3) is 3.94. The Kier molecular flexibility index (Phi) is 5.44. The summed E-state index contributed by atoms with van der Waals surface area (Å²) in [4.78, 5) is 15.9. The van der Waals surface area contributed by atoms with Crippen LogP contribution >= 0.6 is 15.9 Å². The Hall–Kier alpha value is -2.50. The molecule has 0 unspecified atom stereocenters. The van der Waals surface area contributed by atoms with E-state index in [-0.39, 0.29) is 17.9 Å². The van der Waals surface area contributed by atoms with Crippen LogP contribution in [0, 0.1) is 0 Å². The van der Waals surface area contributed by atoms with Crippen LogP contribution in [0.4, 0.5) is 17.6 Å². The van der Waals surface area contributed by atoms with Gasteiger partial charge in [-0.3, -0.25) is 9.48 Å². The monoisotopic (exact) mass is 448 g/mol. The van der Waals surface area contributed by atoms with Gasteiger partial charge in [0.1, 0.15) is 11.4 Å². The Bertz CT molecular complexity index is 986. The summed E-state index contributed by atoms with van der Waals surface area (Å²) in [6, 6.07) is 1.65. The first-order valence-corrected chi connectivity index (χ1v) is 8.56. The summed E-state index contributed by atoms with van der Waals surface area (Å²) < 4.78 is 55.1. The van der Waals surface area contributed by atoms with Crippen molar-refractivity contribution in [1.82, 2.24) is 29.7 Å². The van der Waals surface area contributed by atoms with Gasteiger partial charge in [0.2, 0.25) is 0 Å². The van der Waals surface area contributed by atoms with Crippen molar-refractivity contribution >= 4 is 27.5 Å². The van der Waals surface area contributed by atoms with E-state index in [0.717, 1.165) is 6.07 Å². The van der Waals surface area contributed by atoms with Crippen LogP contribution in [0.25, 0.3) is 5.65 Å². The standard InChI is InChI=1S/C15H13BrF4N6O/c1-2-25-6-7(16)10(23-25)5-21-15(27)9-4-12-22-8(13(17)18)3-11(14(19)20)26(12)24-9/h3-4,6,13-14H,2,5H2,1H3,(H,21,27). The van der Waals surface area contributed by atoms with Gasteiger partial charge in [-0.05, 0) is 28.9 Å². The highest BCUT2D eigenvalue weighted by Crippen LogP contribution is 2.25. The number of nitrogens with one attached hydrogen (secondary N) is 1. The van der Waals surface area contributed by atoms with Crippen LogP contribution < -0.4 is 5.32 Å². The molecule has 144 valence electrons. The van der Waals surface area contributed by atoms with Gasteiger partial charge in [0.15, 0.2) is 11.3 Å². The van der Waals surface area contributed by atoms with E-state index in [0.29, 0.717) is 27.3 Å². The highest BCUT2D eigenvalue weighted by atomic mass is 79.9. The molecule has 0 fully saturated rings. The second-order valence-corrected chi connectivity index (χ2v) is 6.32. The maximum Gasteiger partial charge on any atom is 0.280 e. The normalized spacial score (nSPS) is 11.7. The molecule has 3 rings (SSSR count). The molecule has 0 aliphatic carbocycles. The van der Waals surface area contributed by atoms with E-state index in [9.17, 15) is 22.4 Å². The van der Waals surface area contributed by atoms with E-state index in [1.54, 1.807) is 10.9 Å². The number of hydrogen-bond donors (Lipinski definition) is 1. The lowest BCUT2D eigenvalue weighted by atomic mass is 10.3. The average Bonchev–Trinajstić information content (AvgIpc) is 3.21. The molecule has 3 heterocycles. The van der Waals surface area contributed by atoms with Gasteiger partial charge < -0.3 is 5.32 Å². The van der Waals surface area contributed by atoms with Crippen LogP contribution in [0.3, 0.4) is 0 Å². The molecule has 0 saturated heterocycles. The molecule has 0 aliphatic heterocycles. The summed E-state index contributed by atoms with van der Waals surface area (Å²) >= 11 is 3.32. The van der Waals surface area contributed by atoms with E-state index >= 15 is 0 Å². The van der Waals surface area contributed by atoms with Gasteiger partial charge in [-0.25, -0.2) is 27.1 Å². The molecule has 27 heavy (non-hydrogen) atoms. The lowest BCUT2D eigenvalue weighted by Gasteiger charge is -2.06. The lowest BCUT2D eigenvalue weighted by molar-refractivity contribution is 0.0943. The van der Waals surface area contributed by atoms with Gasteiger partial charge in [-0.2, -0.15) is 10.2 Å². The zero-order valence-electron chi connectivity index (χ0n) is 13.8. The van der Waals surface area contributed by atoms with Gasteiger partial charge in [0.05, 0.1) is 16.7 Å². The maximum absolute atomic E-state index is 13.2. The zero-order valence-corrected chi connectivity index (χ0v) is 15.4. The number of halogens is 5. The van der Waals surface area contributed by atoms with Crippen LogP contribution in [0.2, 0.25) is 0 Å². The topological polar surface area (TPSA) is 77.1 Å². The van der Waals surface area contributed by atoms with E-state index < -0.39 is 30.1 Å². The first kappa shape index (κ1) is 19.3. The smallest absolute Gasteiger partial charge is 0.280 e. The molecule has 3 aromatic heterocycles. The third-order valence-electron chi connectivity index (χ3n) is 3.68. The van der Waals surface area contributed by atoms with E-state index in [4.69, 9.17) is 0 Å². The van der Waals surface area contributed by atoms with Gasteiger partial charge in [-0.15, -0.1) is 0 Å². The third-order valence-corrected chi connectivity index (χ3v) is 4.34. The predicted octanol–water partition coefficient (Wildman–Crippen LogP) is 3.51. The number of aromatic nitrogens is 5. The van der Waals surface area contributed by atoms with Crippen molar-refractivity contribution in [3.8, 4) is 0 Å². The van der Waals surface area contributed by atoms with E-state index in [2.05, 4.69) is 36.4 Å². The summed E-state index contributed by atoms with van der Waals surface area (Å²) in [5.74, 6) is -0.669. The molecular formula is C15H13BrF4N6O. The predicted molar refractivity (Wildman–Crippen MR) is 89.7 cm³/mol. The molecule has 0 atom stereocenters. The number of carbonyl (C=O) groups is 1. The molecule has 0 saturated carbocycles. The summed E-state index contributed by atoms with van der Waals surface area (Å²) in [6.07, 6.45) is -4.33. The number of alkyl halides is 4. The SMILES string of the molecule is CCn1cc(Br)c(CNC(=O)c2cc3nc(C(F)F)cc(C(F)F)n3n2)n1.